The quantitative estimate of drug-likeness (QED) is 0.253. The van der Waals surface area contributed by atoms with Crippen LogP contribution in [0.15, 0.2) is 42.5 Å². The highest BCUT2D eigenvalue weighted by atomic mass is 32.2. The summed E-state index contributed by atoms with van der Waals surface area (Å²) in [6, 6.07) is 10.2. The summed E-state index contributed by atoms with van der Waals surface area (Å²) in [6.07, 6.45) is 11.3. The number of aldehydes is 1. The summed E-state index contributed by atoms with van der Waals surface area (Å²) in [5, 5.41) is 12.4. The number of hydrogen-bond donors (Lipinski definition) is 2. The van der Waals surface area contributed by atoms with E-state index in [2.05, 4.69) is 29.6 Å². The number of allylic oxidation sites excluding steroid dienone is 1. The molecule has 0 aliphatic heterocycles. The zero-order valence-corrected chi connectivity index (χ0v) is 16.3. The van der Waals surface area contributed by atoms with Crippen LogP contribution in [0.1, 0.15) is 50.5 Å². The van der Waals surface area contributed by atoms with Crippen LogP contribution in [0.4, 0.5) is 0 Å². The molecule has 0 fully saturated rings. The van der Waals surface area contributed by atoms with Crippen LogP contribution in [-0.4, -0.2) is 35.7 Å². The standard InChI is InChI=1S/C21H31NO3S/c23-15-11-6-4-2-1-3-5-10-14-22-20(16-21(24)25)18-26-17-19-12-8-7-9-13-19/h3,5,7-9,12-13,15,20,22H,1-2,4,6,10-11,14,16-18H2,(H,24,25)/b5-3+/t20-/m0/s1. The molecule has 0 aliphatic rings. The van der Waals surface area contributed by atoms with Crippen molar-refractivity contribution >= 4 is 24.0 Å². The Bertz CT molecular complexity index is 519. The largest absolute Gasteiger partial charge is 0.481 e. The number of aliphatic carboxylic acids is 1. The van der Waals surface area contributed by atoms with E-state index in [1.54, 1.807) is 11.8 Å². The van der Waals surface area contributed by atoms with Crippen molar-refractivity contribution in [3.05, 3.63) is 48.0 Å². The maximum Gasteiger partial charge on any atom is 0.304 e. The second kappa shape index (κ2) is 15.6. The molecule has 2 N–H and O–H groups in total. The third kappa shape index (κ3) is 12.7. The van der Waals surface area contributed by atoms with E-state index in [-0.39, 0.29) is 12.5 Å². The van der Waals surface area contributed by atoms with Gasteiger partial charge in [0.05, 0.1) is 6.42 Å². The van der Waals surface area contributed by atoms with E-state index >= 15 is 0 Å². The molecule has 0 aliphatic carbocycles. The lowest BCUT2D eigenvalue weighted by atomic mass is 10.1. The van der Waals surface area contributed by atoms with Crippen LogP contribution in [0.5, 0.6) is 0 Å². The first-order chi connectivity index (χ1) is 12.7. The van der Waals surface area contributed by atoms with E-state index in [1.807, 2.05) is 18.2 Å². The fourth-order valence-electron chi connectivity index (χ4n) is 2.57. The Labute approximate surface area is 161 Å². The van der Waals surface area contributed by atoms with Gasteiger partial charge in [-0.2, -0.15) is 11.8 Å². The summed E-state index contributed by atoms with van der Waals surface area (Å²) in [6.45, 7) is 0.797. The lowest BCUT2D eigenvalue weighted by Gasteiger charge is -2.16. The lowest BCUT2D eigenvalue weighted by molar-refractivity contribution is -0.137. The van der Waals surface area contributed by atoms with Crippen molar-refractivity contribution in [2.45, 2.75) is 56.7 Å². The number of rotatable bonds is 16. The van der Waals surface area contributed by atoms with Crippen molar-refractivity contribution in [3.63, 3.8) is 0 Å². The van der Waals surface area contributed by atoms with Gasteiger partial charge in [0, 0.05) is 24.0 Å². The summed E-state index contributed by atoms with van der Waals surface area (Å²) in [5.74, 6) is 0.943. The van der Waals surface area contributed by atoms with Crippen molar-refractivity contribution in [1.29, 1.82) is 0 Å². The second-order valence-electron chi connectivity index (χ2n) is 6.31. The van der Waals surface area contributed by atoms with Gasteiger partial charge in [-0.05, 0) is 37.8 Å². The summed E-state index contributed by atoms with van der Waals surface area (Å²) in [5.41, 5.74) is 1.27. The molecular formula is C21H31NO3S. The molecule has 1 rings (SSSR count). The molecule has 1 aromatic carbocycles. The van der Waals surface area contributed by atoms with Gasteiger partial charge in [0.2, 0.25) is 0 Å². The third-order valence-electron chi connectivity index (χ3n) is 3.96. The van der Waals surface area contributed by atoms with Crippen LogP contribution in [0, 0.1) is 0 Å². The number of benzene rings is 1. The first kappa shape index (κ1) is 22.5. The van der Waals surface area contributed by atoms with E-state index in [0.717, 1.165) is 56.4 Å². The Morgan fingerprint density at radius 2 is 1.81 bits per heavy atom. The maximum atomic E-state index is 11.0. The van der Waals surface area contributed by atoms with Crippen LogP contribution in [0.25, 0.3) is 0 Å². The molecule has 0 amide bonds. The van der Waals surface area contributed by atoms with Gasteiger partial charge in [-0.3, -0.25) is 4.79 Å². The molecular weight excluding hydrogens is 346 g/mol. The predicted octanol–water partition coefficient (Wildman–Crippen LogP) is 4.45. The van der Waals surface area contributed by atoms with Gasteiger partial charge >= 0.3 is 5.97 Å². The van der Waals surface area contributed by atoms with Gasteiger partial charge in [0.15, 0.2) is 0 Å². The molecule has 1 aromatic rings. The summed E-state index contributed by atoms with van der Waals surface area (Å²) < 4.78 is 0. The van der Waals surface area contributed by atoms with Crippen molar-refractivity contribution in [3.8, 4) is 0 Å². The van der Waals surface area contributed by atoms with Crippen LogP contribution in [-0.2, 0) is 15.3 Å². The average Bonchev–Trinajstić information content (AvgIpc) is 2.63. The molecule has 4 nitrogen and oxygen atoms in total. The van der Waals surface area contributed by atoms with E-state index < -0.39 is 5.97 Å². The first-order valence-corrected chi connectivity index (χ1v) is 10.5. The highest BCUT2D eigenvalue weighted by Gasteiger charge is 2.12. The molecule has 0 heterocycles. The fraction of sp³-hybridized carbons (Fsp3) is 0.524. The predicted molar refractivity (Wildman–Crippen MR) is 110 cm³/mol. The fourth-order valence-corrected chi connectivity index (χ4v) is 3.63. The van der Waals surface area contributed by atoms with E-state index in [0.29, 0.717) is 6.42 Å². The highest BCUT2D eigenvalue weighted by molar-refractivity contribution is 7.98. The molecule has 5 heteroatoms. The third-order valence-corrected chi connectivity index (χ3v) is 5.13. The molecule has 0 saturated carbocycles. The topological polar surface area (TPSA) is 66.4 Å². The van der Waals surface area contributed by atoms with Crippen LogP contribution in [0.2, 0.25) is 0 Å². The minimum absolute atomic E-state index is 0.00189. The van der Waals surface area contributed by atoms with Crippen molar-refractivity contribution < 1.29 is 14.7 Å². The van der Waals surface area contributed by atoms with Crippen LogP contribution in [0.3, 0.4) is 0 Å². The Hall–Kier alpha value is -1.59. The monoisotopic (exact) mass is 377 g/mol. The zero-order chi connectivity index (χ0) is 18.9. The molecule has 0 unspecified atom stereocenters. The number of carbonyl (C=O) groups excluding carboxylic acids is 1. The molecule has 26 heavy (non-hydrogen) atoms. The average molecular weight is 378 g/mol. The number of carbonyl (C=O) groups is 2. The Kier molecular flexibility index (Phi) is 13.5. The second-order valence-corrected chi connectivity index (χ2v) is 7.34. The van der Waals surface area contributed by atoms with Crippen molar-refractivity contribution in [1.82, 2.24) is 5.32 Å². The Morgan fingerprint density at radius 1 is 1.08 bits per heavy atom. The van der Waals surface area contributed by atoms with Gasteiger partial charge in [0.1, 0.15) is 6.29 Å². The van der Waals surface area contributed by atoms with Crippen LogP contribution >= 0.6 is 11.8 Å². The molecule has 0 bridgehead atoms. The van der Waals surface area contributed by atoms with E-state index in [1.165, 1.54) is 5.56 Å². The molecule has 0 spiro atoms. The Balaban J connectivity index is 2.15. The summed E-state index contributed by atoms with van der Waals surface area (Å²) in [4.78, 5) is 21.3. The zero-order valence-electron chi connectivity index (χ0n) is 15.4. The number of hydrogen-bond acceptors (Lipinski definition) is 4. The number of carboxylic acids is 1. The smallest absolute Gasteiger partial charge is 0.304 e. The molecule has 0 aromatic heterocycles. The first-order valence-electron chi connectivity index (χ1n) is 9.38. The number of carboxylic acid groups (broad SMARTS) is 1. The van der Waals surface area contributed by atoms with Crippen LogP contribution < -0.4 is 5.32 Å². The van der Waals surface area contributed by atoms with Gasteiger partial charge in [-0.1, -0.05) is 48.9 Å². The number of thioether (sulfide) groups is 1. The van der Waals surface area contributed by atoms with E-state index in [4.69, 9.17) is 5.11 Å². The van der Waals surface area contributed by atoms with Gasteiger partial charge < -0.3 is 15.2 Å². The Morgan fingerprint density at radius 3 is 2.54 bits per heavy atom. The summed E-state index contributed by atoms with van der Waals surface area (Å²) in [7, 11) is 0. The lowest BCUT2D eigenvalue weighted by Crippen LogP contribution is -2.34. The SMILES string of the molecule is O=CCCCCC/C=C/CCN[C@H](CSCc1ccccc1)CC(=O)O. The van der Waals surface area contributed by atoms with Crippen molar-refractivity contribution in [2.24, 2.45) is 0 Å². The minimum atomic E-state index is -0.756. The summed E-state index contributed by atoms with van der Waals surface area (Å²) >= 11 is 1.77. The van der Waals surface area contributed by atoms with E-state index in [9.17, 15) is 9.59 Å². The van der Waals surface area contributed by atoms with Gasteiger partial charge in [-0.25, -0.2) is 0 Å². The normalized spacial score (nSPS) is 12.3. The molecule has 1 atom stereocenters. The van der Waals surface area contributed by atoms with Gasteiger partial charge in [0.25, 0.3) is 0 Å². The molecule has 144 valence electrons. The highest BCUT2D eigenvalue weighted by Crippen LogP contribution is 2.14. The molecule has 0 saturated heterocycles. The maximum absolute atomic E-state index is 11.0. The van der Waals surface area contributed by atoms with Crippen molar-refractivity contribution in [2.75, 3.05) is 12.3 Å². The van der Waals surface area contributed by atoms with Gasteiger partial charge in [-0.15, -0.1) is 0 Å². The minimum Gasteiger partial charge on any atom is -0.481 e. The molecule has 0 radical (unpaired) electrons. The number of unbranched alkanes of at least 4 members (excludes halogenated alkanes) is 4. The number of nitrogens with one attached hydrogen (secondary N) is 1.